The number of imidazole rings is 1. The third-order valence-corrected chi connectivity index (χ3v) is 8.79. The molecule has 0 N–H and O–H groups in total. The molecule has 1 heterocycles. The Kier molecular flexibility index (Phi) is 6.70. The molecule has 0 unspecified atom stereocenters. The molecule has 0 radical (unpaired) electrons. The third-order valence-electron chi connectivity index (χ3n) is 6.51. The minimum absolute atomic E-state index is 0.165. The van der Waals surface area contributed by atoms with Gasteiger partial charge in [-0.15, -0.1) is 0 Å². The Bertz CT molecular complexity index is 1310. The number of carbonyl (C=O) groups excluding carboxylic acids is 2. The molecule has 1 saturated carbocycles. The Hall–Kier alpha value is -3.26. The minimum atomic E-state index is -3.41. The summed E-state index contributed by atoms with van der Waals surface area (Å²) < 4.78 is 27.7. The van der Waals surface area contributed by atoms with Gasteiger partial charge in [0.15, 0.2) is 21.4 Å². The molecule has 1 aliphatic rings. The second kappa shape index (κ2) is 9.54. The molecule has 1 fully saturated rings. The first-order chi connectivity index (χ1) is 16.2. The third kappa shape index (κ3) is 4.42. The van der Waals surface area contributed by atoms with Crippen molar-refractivity contribution in [1.82, 2.24) is 9.55 Å². The molecule has 1 aromatic heterocycles. The smallest absolute Gasteiger partial charge is 0.276 e. The molecule has 0 bridgehead atoms. The van der Waals surface area contributed by atoms with Crippen molar-refractivity contribution in [2.24, 2.45) is 7.05 Å². The summed E-state index contributed by atoms with van der Waals surface area (Å²) in [4.78, 5) is 31.9. The molecule has 7 nitrogen and oxygen atoms in total. The molecular formula is C26H29N3O4S. The van der Waals surface area contributed by atoms with Crippen LogP contribution in [0.25, 0.3) is 11.3 Å². The van der Waals surface area contributed by atoms with E-state index in [4.69, 9.17) is 0 Å². The lowest BCUT2D eigenvalue weighted by molar-refractivity contribution is 0.0984. The molecule has 3 aromatic rings. The van der Waals surface area contributed by atoms with E-state index in [1.807, 2.05) is 30.3 Å². The van der Waals surface area contributed by atoms with Crippen molar-refractivity contribution in [2.45, 2.75) is 49.2 Å². The van der Waals surface area contributed by atoms with Gasteiger partial charge < -0.3 is 9.47 Å². The van der Waals surface area contributed by atoms with Gasteiger partial charge >= 0.3 is 0 Å². The molecule has 2 aromatic carbocycles. The molecular weight excluding hydrogens is 450 g/mol. The number of hydrogen-bond donors (Lipinski definition) is 0. The molecule has 34 heavy (non-hydrogen) atoms. The Balaban J connectivity index is 1.73. The van der Waals surface area contributed by atoms with Crippen molar-refractivity contribution in [3.05, 3.63) is 66.1 Å². The molecule has 178 valence electrons. The monoisotopic (exact) mass is 479 g/mol. The molecule has 4 rings (SSSR count). The molecule has 1 aliphatic carbocycles. The number of ketones is 1. The van der Waals surface area contributed by atoms with Crippen LogP contribution in [-0.4, -0.2) is 42.0 Å². The highest BCUT2D eigenvalue weighted by atomic mass is 32.2. The van der Waals surface area contributed by atoms with E-state index in [0.717, 1.165) is 19.3 Å². The van der Waals surface area contributed by atoms with Crippen LogP contribution in [0, 0.1) is 0 Å². The van der Waals surface area contributed by atoms with Gasteiger partial charge in [0.2, 0.25) is 0 Å². The van der Waals surface area contributed by atoms with Crippen LogP contribution in [0.15, 0.2) is 59.5 Å². The summed E-state index contributed by atoms with van der Waals surface area (Å²) >= 11 is 0. The summed E-state index contributed by atoms with van der Waals surface area (Å²) in [6.07, 6.45) is 4.33. The highest BCUT2D eigenvalue weighted by Gasteiger charge is 2.30. The van der Waals surface area contributed by atoms with Gasteiger partial charge in [0.1, 0.15) is 11.4 Å². The van der Waals surface area contributed by atoms with Gasteiger partial charge in [-0.05, 0) is 37.1 Å². The normalized spacial score (nSPS) is 14.7. The number of para-hydroxylation sites is 1. The van der Waals surface area contributed by atoms with Crippen LogP contribution in [0.1, 0.15) is 60.1 Å². The summed E-state index contributed by atoms with van der Waals surface area (Å²) in [6, 6.07) is 15.7. The lowest BCUT2D eigenvalue weighted by atomic mass is 10.0. The standard InChI is InChI=1S/C26H29N3O4S/c1-18(30)25-27-23(24(29(25)3)26(31)28(2)20-10-6-4-7-11-20)19-14-16-22(17-15-19)34(32,33)21-12-8-5-9-13-21/h4,6-7,10-11,14-17,21H,5,8-9,12-13H2,1-3H3. The van der Waals surface area contributed by atoms with Crippen molar-refractivity contribution < 1.29 is 18.0 Å². The first-order valence-electron chi connectivity index (χ1n) is 11.5. The van der Waals surface area contributed by atoms with E-state index in [0.29, 0.717) is 29.8 Å². The van der Waals surface area contributed by atoms with Gasteiger partial charge in [-0.2, -0.15) is 0 Å². The zero-order chi connectivity index (χ0) is 24.5. The predicted molar refractivity (Wildman–Crippen MR) is 132 cm³/mol. The number of anilines is 1. The van der Waals surface area contributed by atoms with E-state index in [1.165, 1.54) is 16.4 Å². The van der Waals surface area contributed by atoms with Gasteiger partial charge in [0.05, 0.1) is 10.1 Å². The Labute approximate surface area is 200 Å². The Morgan fingerprint density at radius 1 is 0.971 bits per heavy atom. The first kappa shape index (κ1) is 23.9. The highest BCUT2D eigenvalue weighted by Crippen LogP contribution is 2.31. The van der Waals surface area contributed by atoms with Crippen molar-refractivity contribution in [2.75, 3.05) is 11.9 Å². The fourth-order valence-corrected chi connectivity index (χ4v) is 6.41. The van der Waals surface area contributed by atoms with Crippen LogP contribution in [0.3, 0.4) is 0 Å². The van der Waals surface area contributed by atoms with Gasteiger partial charge in [-0.3, -0.25) is 9.59 Å². The Morgan fingerprint density at radius 3 is 2.18 bits per heavy atom. The van der Waals surface area contributed by atoms with E-state index in [1.54, 1.807) is 38.4 Å². The van der Waals surface area contributed by atoms with Crippen molar-refractivity contribution in [3.63, 3.8) is 0 Å². The minimum Gasteiger partial charge on any atom is -0.320 e. The number of nitrogens with zero attached hydrogens (tertiary/aromatic N) is 3. The van der Waals surface area contributed by atoms with Gasteiger partial charge in [0.25, 0.3) is 5.91 Å². The summed E-state index contributed by atoms with van der Waals surface area (Å²) in [5, 5.41) is -0.345. The van der Waals surface area contributed by atoms with Crippen LogP contribution in [0.5, 0.6) is 0 Å². The van der Waals surface area contributed by atoms with E-state index in [-0.39, 0.29) is 33.4 Å². The second-order valence-electron chi connectivity index (χ2n) is 8.78. The topological polar surface area (TPSA) is 89.3 Å². The fourth-order valence-electron chi connectivity index (χ4n) is 4.56. The van der Waals surface area contributed by atoms with E-state index in [2.05, 4.69) is 4.98 Å². The summed E-state index contributed by atoms with van der Waals surface area (Å²) in [6.45, 7) is 1.40. The number of amides is 1. The maximum atomic E-state index is 13.5. The van der Waals surface area contributed by atoms with Crippen LogP contribution in [-0.2, 0) is 16.9 Å². The number of hydrogen-bond acceptors (Lipinski definition) is 5. The highest BCUT2D eigenvalue weighted by molar-refractivity contribution is 7.92. The number of benzene rings is 2. The van der Waals surface area contributed by atoms with Crippen molar-refractivity contribution >= 4 is 27.2 Å². The number of aromatic nitrogens is 2. The number of rotatable bonds is 6. The second-order valence-corrected chi connectivity index (χ2v) is 11.0. The number of carbonyl (C=O) groups is 2. The van der Waals surface area contributed by atoms with E-state index < -0.39 is 9.84 Å². The van der Waals surface area contributed by atoms with Crippen molar-refractivity contribution in [1.29, 1.82) is 0 Å². The SMILES string of the molecule is CC(=O)c1nc(-c2ccc(S(=O)(=O)C3CCCCC3)cc2)c(C(=O)N(C)c2ccccc2)n1C. The van der Waals surface area contributed by atoms with Crippen LogP contribution < -0.4 is 4.90 Å². The maximum absolute atomic E-state index is 13.5. The quantitative estimate of drug-likeness (QED) is 0.479. The fraction of sp³-hybridized carbons (Fsp3) is 0.346. The average Bonchev–Trinajstić information content (AvgIpc) is 3.21. The first-order valence-corrected chi connectivity index (χ1v) is 13.0. The zero-order valence-corrected chi connectivity index (χ0v) is 20.5. The van der Waals surface area contributed by atoms with Crippen LogP contribution in [0.4, 0.5) is 5.69 Å². The van der Waals surface area contributed by atoms with Gasteiger partial charge in [0, 0.05) is 32.3 Å². The maximum Gasteiger partial charge on any atom is 0.276 e. The molecule has 0 saturated heterocycles. The summed E-state index contributed by atoms with van der Waals surface area (Å²) in [5.74, 6) is -0.414. The lowest BCUT2D eigenvalue weighted by Gasteiger charge is -2.22. The molecule has 0 aliphatic heterocycles. The van der Waals surface area contributed by atoms with Crippen molar-refractivity contribution in [3.8, 4) is 11.3 Å². The number of Topliss-reactive ketones (excluding diaryl/α,β-unsaturated/α-hetero) is 1. The molecule has 1 amide bonds. The van der Waals surface area contributed by atoms with Crippen LogP contribution >= 0.6 is 0 Å². The summed E-state index contributed by atoms with van der Waals surface area (Å²) in [7, 11) is -0.0997. The molecule has 0 atom stereocenters. The zero-order valence-electron chi connectivity index (χ0n) is 19.7. The van der Waals surface area contributed by atoms with Gasteiger partial charge in [-0.25, -0.2) is 13.4 Å². The average molecular weight is 480 g/mol. The molecule has 0 spiro atoms. The number of sulfone groups is 1. The largest absolute Gasteiger partial charge is 0.320 e. The molecule has 8 heteroatoms. The van der Waals surface area contributed by atoms with E-state index in [9.17, 15) is 18.0 Å². The van der Waals surface area contributed by atoms with E-state index >= 15 is 0 Å². The Morgan fingerprint density at radius 2 is 1.59 bits per heavy atom. The summed E-state index contributed by atoms with van der Waals surface area (Å²) in [5.41, 5.74) is 1.90. The van der Waals surface area contributed by atoms with Gasteiger partial charge in [-0.1, -0.05) is 49.6 Å². The lowest BCUT2D eigenvalue weighted by Crippen LogP contribution is -2.29. The predicted octanol–water partition coefficient (Wildman–Crippen LogP) is 4.67. The van der Waals surface area contributed by atoms with Crippen LogP contribution in [0.2, 0.25) is 0 Å².